The molecule has 0 saturated heterocycles. The van der Waals surface area contributed by atoms with Crippen LogP contribution in [0.3, 0.4) is 0 Å². The van der Waals surface area contributed by atoms with E-state index in [1.54, 1.807) is 17.5 Å². The fourth-order valence-corrected chi connectivity index (χ4v) is 3.73. The third kappa shape index (κ3) is 3.69. The van der Waals surface area contributed by atoms with E-state index in [4.69, 9.17) is 9.40 Å². The lowest BCUT2D eigenvalue weighted by Crippen LogP contribution is -2.08. The molecule has 0 aliphatic rings. The Hall–Kier alpha value is -3.32. The van der Waals surface area contributed by atoms with Crippen LogP contribution in [0.1, 0.15) is 16.8 Å². The largest absolute Gasteiger partial charge is 0.414 e. The van der Waals surface area contributed by atoms with E-state index in [9.17, 15) is 0 Å². The molecular formula is C22H21N5OS. The molecular weight excluding hydrogens is 382 g/mol. The van der Waals surface area contributed by atoms with Crippen LogP contribution in [0.15, 0.2) is 52.9 Å². The summed E-state index contributed by atoms with van der Waals surface area (Å²) < 4.78 is 5.91. The summed E-state index contributed by atoms with van der Waals surface area (Å²) in [6.07, 6.45) is 1.76. The van der Waals surface area contributed by atoms with E-state index in [1.165, 1.54) is 0 Å². The highest BCUT2D eigenvalue weighted by Gasteiger charge is 2.17. The number of rotatable bonds is 5. The smallest absolute Gasteiger partial charge is 0.268 e. The molecule has 4 aromatic rings. The quantitative estimate of drug-likeness (QED) is 0.463. The summed E-state index contributed by atoms with van der Waals surface area (Å²) in [4.78, 5) is 12.2. The van der Waals surface area contributed by atoms with Crippen molar-refractivity contribution in [2.45, 2.75) is 13.8 Å². The Bertz CT molecular complexity index is 1170. The van der Waals surface area contributed by atoms with Gasteiger partial charge in [-0.05, 0) is 36.4 Å². The maximum atomic E-state index is 5.91. The second-order valence-electron chi connectivity index (χ2n) is 6.95. The van der Waals surface area contributed by atoms with Gasteiger partial charge in [0.1, 0.15) is 5.69 Å². The van der Waals surface area contributed by atoms with Crippen LogP contribution in [0, 0.1) is 13.8 Å². The van der Waals surface area contributed by atoms with Gasteiger partial charge in [-0.3, -0.25) is 4.98 Å². The minimum Gasteiger partial charge on any atom is -0.414 e. The van der Waals surface area contributed by atoms with Gasteiger partial charge < -0.3 is 9.32 Å². The molecule has 3 aromatic heterocycles. The predicted octanol–water partition coefficient (Wildman–Crippen LogP) is 5.07. The summed E-state index contributed by atoms with van der Waals surface area (Å²) in [7, 11) is 3.95. The van der Waals surface area contributed by atoms with Crippen molar-refractivity contribution in [2.75, 3.05) is 14.1 Å². The van der Waals surface area contributed by atoms with Crippen LogP contribution < -0.4 is 0 Å². The highest BCUT2D eigenvalue weighted by atomic mass is 32.1. The first-order valence-electron chi connectivity index (χ1n) is 9.13. The normalized spacial score (nSPS) is 10.9. The average molecular weight is 404 g/mol. The number of aromatic nitrogens is 4. The van der Waals surface area contributed by atoms with Crippen LogP contribution in [0.5, 0.6) is 0 Å². The van der Waals surface area contributed by atoms with Crippen molar-refractivity contribution < 1.29 is 4.42 Å². The zero-order valence-electron chi connectivity index (χ0n) is 16.8. The number of hydrogen-bond acceptors (Lipinski definition) is 7. The summed E-state index contributed by atoms with van der Waals surface area (Å²) >= 11 is 1.58. The van der Waals surface area contributed by atoms with Crippen molar-refractivity contribution in [2.24, 2.45) is 0 Å². The van der Waals surface area contributed by atoms with Gasteiger partial charge >= 0.3 is 0 Å². The van der Waals surface area contributed by atoms with Crippen LogP contribution in [-0.2, 0) is 0 Å². The first-order chi connectivity index (χ1) is 13.9. The molecule has 6 nitrogen and oxygen atoms in total. The van der Waals surface area contributed by atoms with Gasteiger partial charge in [-0.15, -0.1) is 21.5 Å². The molecule has 0 atom stereocenters. The molecule has 29 heavy (non-hydrogen) atoms. The van der Waals surface area contributed by atoms with Gasteiger partial charge in [-0.25, -0.2) is 4.98 Å². The maximum absolute atomic E-state index is 5.91. The van der Waals surface area contributed by atoms with E-state index in [-0.39, 0.29) is 0 Å². The second-order valence-corrected chi connectivity index (χ2v) is 7.87. The molecule has 4 rings (SSSR count). The van der Waals surface area contributed by atoms with Gasteiger partial charge in [-0.2, -0.15) is 0 Å². The average Bonchev–Trinajstić information content (AvgIpc) is 3.36. The molecule has 0 radical (unpaired) electrons. The zero-order valence-corrected chi connectivity index (χ0v) is 17.6. The number of nitrogens with zero attached hydrogens (tertiary/aromatic N) is 5. The van der Waals surface area contributed by atoms with Crippen molar-refractivity contribution in [3.63, 3.8) is 0 Å². The van der Waals surface area contributed by atoms with Gasteiger partial charge in [-0.1, -0.05) is 30.8 Å². The lowest BCUT2D eigenvalue weighted by molar-refractivity contribution is 0.582. The third-order valence-corrected chi connectivity index (χ3v) is 5.70. The number of benzene rings is 1. The van der Waals surface area contributed by atoms with E-state index < -0.39 is 0 Å². The van der Waals surface area contributed by atoms with E-state index in [2.05, 4.69) is 21.8 Å². The van der Waals surface area contributed by atoms with Crippen LogP contribution in [-0.4, -0.2) is 39.2 Å². The standard InChI is InChI=1S/C22H21N5OS/c1-13-10-11-29-20(13)22-26-25-21(28-22)19-14(2)23-12-18(24-19)17-8-6-16(7-9-17)15(3)27(4)5/h6-12H,3H2,1-2,4-5H3. The van der Waals surface area contributed by atoms with E-state index in [0.29, 0.717) is 17.5 Å². The summed E-state index contributed by atoms with van der Waals surface area (Å²) in [5.41, 5.74) is 6.17. The summed E-state index contributed by atoms with van der Waals surface area (Å²) in [6.45, 7) is 8.00. The Kier molecular flexibility index (Phi) is 4.98. The minimum atomic E-state index is 0.372. The lowest BCUT2D eigenvalue weighted by atomic mass is 10.1. The molecule has 0 aliphatic heterocycles. The maximum Gasteiger partial charge on any atom is 0.268 e. The molecule has 0 bridgehead atoms. The van der Waals surface area contributed by atoms with E-state index >= 15 is 0 Å². The topological polar surface area (TPSA) is 67.9 Å². The van der Waals surface area contributed by atoms with E-state index in [0.717, 1.165) is 38.7 Å². The summed E-state index contributed by atoms with van der Waals surface area (Å²) in [6, 6.07) is 10.1. The molecule has 146 valence electrons. The second kappa shape index (κ2) is 7.60. The first kappa shape index (κ1) is 19.0. The van der Waals surface area contributed by atoms with Gasteiger partial charge in [0.2, 0.25) is 0 Å². The Morgan fingerprint density at radius 2 is 1.76 bits per heavy atom. The highest BCUT2D eigenvalue weighted by molar-refractivity contribution is 7.13. The molecule has 0 fully saturated rings. The van der Waals surface area contributed by atoms with Gasteiger partial charge in [0.25, 0.3) is 11.8 Å². The van der Waals surface area contributed by atoms with Crippen molar-refractivity contribution in [3.8, 4) is 33.6 Å². The molecule has 0 aliphatic carbocycles. The lowest BCUT2D eigenvalue weighted by Gasteiger charge is -2.16. The van der Waals surface area contributed by atoms with Crippen molar-refractivity contribution >= 4 is 17.0 Å². The molecule has 1 aromatic carbocycles. The fraction of sp³-hybridized carbons (Fsp3) is 0.182. The molecule has 0 amide bonds. The van der Waals surface area contributed by atoms with Crippen molar-refractivity contribution in [3.05, 3.63) is 65.3 Å². The third-order valence-electron chi connectivity index (χ3n) is 4.69. The number of hydrogen-bond donors (Lipinski definition) is 0. The molecule has 3 heterocycles. The van der Waals surface area contributed by atoms with Crippen LogP contribution >= 0.6 is 11.3 Å². The Morgan fingerprint density at radius 1 is 1.03 bits per heavy atom. The van der Waals surface area contributed by atoms with Crippen LogP contribution in [0.2, 0.25) is 0 Å². The minimum absolute atomic E-state index is 0.372. The first-order valence-corrected chi connectivity index (χ1v) is 10.0. The zero-order chi connectivity index (χ0) is 20.5. The van der Waals surface area contributed by atoms with Gasteiger partial charge in [0.05, 0.1) is 22.5 Å². The molecule has 0 saturated carbocycles. The van der Waals surface area contributed by atoms with E-state index in [1.807, 2.05) is 68.6 Å². The van der Waals surface area contributed by atoms with Gasteiger partial charge in [0, 0.05) is 25.4 Å². The van der Waals surface area contributed by atoms with Crippen LogP contribution in [0.25, 0.3) is 39.3 Å². The Morgan fingerprint density at radius 3 is 2.41 bits per heavy atom. The molecule has 7 heteroatoms. The van der Waals surface area contributed by atoms with Crippen molar-refractivity contribution in [1.82, 2.24) is 25.1 Å². The summed E-state index contributed by atoms with van der Waals surface area (Å²) in [5.74, 6) is 0.878. The van der Waals surface area contributed by atoms with Gasteiger partial charge in [0.15, 0.2) is 0 Å². The predicted molar refractivity (Wildman–Crippen MR) is 116 cm³/mol. The molecule has 0 unspecified atom stereocenters. The fourth-order valence-electron chi connectivity index (χ4n) is 2.89. The van der Waals surface area contributed by atoms with Crippen molar-refractivity contribution in [1.29, 1.82) is 0 Å². The molecule has 0 spiro atoms. The molecule has 0 N–H and O–H groups in total. The number of thiophene rings is 1. The number of aryl methyl sites for hydroxylation is 2. The monoisotopic (exact) mass is 403 g/mol. The Labute approximate surface area is 173 Å². The SMILES string of the molecule is C=C(c1ccc(-c2cnc(C)c(-c3nnc(-c4sccc4C)o3)n2)cc1)N(C)C. The Balaban J connectivity index is 1.68. The highest BCUT2D eigenvalue weighted by Crippen LogP contribution is 2.31. The van der Waals surface area contributed by atoms with Crippen LogP contribution in [0.4, 0.5) is 0 Å². The summed E-state index contributed by atoms with van der Waals surface area (Å²) in [5, 5.41) is 10.4.